The van der Waals surface area contributed by atoms with E-state index in [1.807, 2.05) is 9.80 Å². The summed E-state index contributed by atoms with van der Waals surface area (Å²) in [4.78, 5) is 29.0. The Bertz CT molecular complexity index is 354. The van der Waals surface area contributed by atoms with Gasteiger partial charge in [-0.3, -0.25) is 9.59 Å². The van der Waals surface area contributed by atoms with Gasteiger partial charge in [-0.05, 0) is 32.2 Å². The molecule has 1 N–H and O–H groups in total. The van der Waals surface area contributed by atoms with E-state index in [1.54, 1.807) is 0 Å². The molecule has 2 atom stereocenters. The van der Waals surface area contributed by atoms with Gasteiger partial charge in [-0.2, -0.15) is 0 Å². The smallest absolute Gasteiger partial charge is 0.245 e. The Morgan fingerprint density at radius 1 is 0.952 bits per heavy atom. The monoisotopic (exact) mass is 295 g/mol. The Labute approximate surface area is 125 Å². The van der Waals surface area contributed by atoms with Crippen LogP contribution in [-0.2, 0) is 14.3 Å². The number of rotatable bonds is 2. The standard InChI is InChI=1S/C15H25N3O3/c19-14(12-4-1-2-6-16-12)18-7-3-5-13(18)15(20)17-8-10-21-11-9-17/h12-13,16H,1-11H2/t12-,13?/m1/s1. The molecule has 0 aliphatic carbocycles. The molecule has 3 aliphatic rings. The third kappa shape index (κ3) is 3.21. The molecule has 0 radical (unpaired) electrons. The second kappa shape index (κ2) is 6.75. The molecular weight excluding hydrogens is 270 g/mol. The number of piperidine rings is 1. The van der Waals surface area contributed by atoms with Gasteiger partial charge in [-0.15, -0.1) is 0 Å². The minimum absolute atomic E-state index is 0.0863. The fraction of sp³-hybridized carbons (Fsp3) is 0.867. The van der Waals surface area contributed by atoms with E-state index in [-0.39, 0.29) is 23.9 Å². The van der Waals surface area contributed by atoms with Crippen molar-refractivity contribution in [1.82, 2.24) is 15.1 Å². The summed E-state index contributed by atoms with van der Waals surface area (Å²) in [6.07, 6.45) is 4.86. The summed E-state index contributed by atoms with van der Waals surface area (Å²) < 4.78 is 5.30. The SMILES string of the molecule is O=C(C1CCCN1C(=O)[C@H]1CCCCN1)N1CCOCC1. The van der Waals surface area contributed by atoms with Gasteiger partial charge < -0.3 is 19.9 Å². The summed E-state index contributed by atoms with van der Waals surface area (Å²) in [7, 11) is 0. The van der Waals surface area contributed by atoms with Gasteiger partial charge >= 0.3 is 0 Å². The predicted octanol–water partition coefficient (Wildman–Crippen LogP) is -0.0217. The molecule has 0 aromatic rings. The van der Waals surface area contributed by atoms with Crippen molar-refractivity contribution in [2.45, 2.75) is 44.2 Å². The van der Waals surface area contributed by atoms with E-state index in [4.69, 9.17) is 4.74 Å². The maximum atomic E-state index is 12.7. The molecule has 0 saturated carbocycles. The van der Waals surface area contributed by atoms with E-state index in [2.05, 4.69) is 5.32 Å². The number of amides is 2. The van der Waals surface area contributed by atoms with Crippen molar-refractivity contribution in [3.63, 3.8) is 0 Å². The Balaban J connectivity index is 1.63. The zero-order valence-corrected chi connectivity index (χ0v) is 12.6. The zero-order valence-electron chi connectivity index (χ0n) is 12.6. The summed E-state index contributed by atoms with van der Waals surface area (Å²) >= 11 is 0. The fourth-order valence-corrected chi connectivity index (χ4v) is 3.54. The van der Waals surface area contributed by atoms with Crippen LogP contribution >= 0.6 is 0 Å². The molecule has 3 rings (SSSR count). The lowest BCUT2D eigenvalue weighted by Crippen LogP contribution is -2.55. The molecule has 6 nitrogen and oxygen atoms in total. The first-order valence-electron chi connectivity index (χ1n) is 8.18. The quantitative estimate of drug-likeness (QED) is 0.778. The van der Waals surface area contributed by atoms with Crippen LogP contribution in [0.2, 0.25) is 0 Å². The molecule has 0 spiro atoms. The van der Waals surface area contributed by atoms with E-state index in [0.29, 0.717) is 26.3 Å². The first-order chi connectivity index (χ1) is 10.3. The van der Waals surface area contributed by atoms with Crippen molar-refractivity contribution in [3.05, 3.63) is 0 Å². The van der Waals surface area contributed by atoms with E-state index < -0.39 is 0 Å². The minimum atomic E-state index is -0.251. The van der Waals surface area contributed by atoms with Crippen LogP contribution in [0, 0.1) is 0 Å². The van der Waals surface area contributed by atoms with Crippen molar-refractivity contribution in [3.8, 4) is 0 Å². The van der Waals surface area contributed by atoms with E-state index in [0.717, 1.165) is 45.2 Å². The average molecular weight is 295 g/mol. The Kier molecular flexibility index (Phi) is 4.75. The molecule has 2 amide bonds. The lowest BCUT2D eigenvalue weighted by molar-refractivity contribution is -0.147. The molecule has 21 heavy (non-hydrogen) atoms. The summed E-state index contributed by atoms with van der Waals surface area (Å²) in [5.41, 5.74) is 0. The third-order valence-electron chi connectivity index (χ3n) is 4.75. The number of nitrogens with one attached hydrogen (secondary N) is 1. The maximum absolute atomic E-state index is 12.7. The molecule has 6 heteroatoms. The average Bonchev–Trinajstić information content (AvgIpc) is 3.04. The number of morpholine rings is 1. The highest BCUT2D eigenvalue weighted by Gasteiger charge is 2.39. The van der Waals surface area contributed by atoms with Crippen molar-refractivity contribution in [2.75, 3.05) is 39.4 Å². The van der Waals surface area contributed by atoms with E-state index >= 15 is 0 Å². The highest BCUT2D eigenvalue weighted by Crippen LogP contribution is 2.22. The molecule has 1 unspecified atom stereocenters. The second-order valence-electron chi connectivity index (χ2n) is 6.13. The van der Waals surface area contributed by atoms with Gasteiger partial charge in [0.15, 0.2) is 0 Å². The maximum Gasteiger partial charge on any atom is 0.245 e. The van der Waals surface area contributed by atoms with Crippen LogP contribution in [0.5, 0.6) is 0 Å². The molecule has 0 bridgehead atoms. The number of likely N-dealkylation sites (tertiary alicyclic amines) is 1. The molecule has 3 aliphatic heterocycles. The minimum Gasteiger partial charge on any atom is -0.378 e. The summed E-state index contributed by atoms with van der Waals surface area (Å²) in [6, 6.07) is -0.337. The van der Waals surface area contributed by atoms with Crippen molar-refractivity contribution in [1.29, 1.82) is 0 Å². The highest BCUT2D eigenvalue weighted by atomic mass is 16.5. The number of hydrogen-bond acceptors (Lipinski definition) is 4. The van der Waals surface area contributed by atoms with Gasteiger partial charge in [0.1, 0.15) is 6.04 Å². The van der Waals surface area contributed by atoms with Gasteiger partial charge in [0, 0.05) is 19.6 Å². The van der Waals surface area contributed by atoms with Gasteiger partial charge in [-0.1, -0.05) is 6.42 Å². The van der Waals surface area contributed by atoms with Crippen LogP contribution in [-0.4, -0.2) is 73.1 Å². The van der Waals surface area contributed by atoms with Crippen LogP contribution in [0.15, 0.2) is 0 Å². The Morgan fingerprint density at radius 2 is 1.76 bits per heavy atom. The second-order valence-corrected chi connectivity index (χ2v) is 6.13. The molecule has 3 heterocycles. The van der Waals surface area contributed by atoms with Crippen LogP contribution in [0.1, 0.15) is 32.1 Å². The van der Waals surface area contributed by atoms with Gasteiger partial charge in [0.25, 0.3) is 0 Å². The number of hydrogen-bond donors (Lipinski definition) is 1. The molecule has 3 saturated heterocycles. The Hall–Kier alpha value is -1.14. The fourth-order valence-electron chi connectivity index (χ4n) is 3.54. The van der Waals surface area contributed by atoms with Crippen molar-refractivity contribution < 1.29 is 14.3 Å². The first kappa shape index (κ1) is 14.8. The van der Waals surface area contributed by atoms with Crippen LogP contribution in [0.25, 0.3) is 0 Å². The lowest BCUT2D eigenvalue weighted by atomic mass is 10.0. The molecule has 0 aromatic carbocycles. The molecular formula is C15H25N3O3. The number of carbonyl (C=O) groups is 2. The number of ether oxygens (including phenoxy) is 1. The van der Waals surface area contributed by atoms with E-state index in [1.165, 1.54) is 0 Å². The van der Waals surface area contributed by atoms with Crippen molar-refractivity contribution >= 4 is 11.8 Å². The van der Waals surface area contributed by atoms with Crippen LogP contribution in [0.3, 0.4) is 0 Å². The van der Waals surface area contributed by atoms with E-state index in [9.17, 15) is 9.59 Å². The largest absolute Gasteiger partial charge is 0.378 e. The lowest BCUT2D eigenvalue weighted by Gasteiger charge is -2.34. The first-order valence-corrected chi connectivity index (χ1v) is 8.18. The predicted molar refractivity (Wildman–Crippen MR) is 77.8 cm³/mol. The van der Waals surface area contributed by atoms with Crippen LogP contribution in [0.4, 0.5) is 0 Å². The Morgan fingerprint density at radius 3 is 2.48 bits per heavy atom. The number of nitrogens with zero attached hydrogens (tertiary/aromatic N) is 2. The zero-order chi connectivity index (χ0) is 14.7. The summed E-state index contributed by atoms with van der Waals surface area (Å²) in [5, 5.41) is 3.30. The normalized spacial score (nSPS) is 30.5. The van der Waals surface area contributed by atoms with Gasteiger partial charge in [-0.25, -0.2) is 0 Å². The highest BCUT2D eigenvalue weighted by molar-refractivity contribution is 5.90. The van der Waals surface area contributed by atoms with Crippen LogP contribution < -0.4 is 5.32 Å². The summed E-state index contributed by atoms with van der Waals surface area (Å²) in [5.74, 6) is 0.235. The third-order valence-corrected chi connectivity index (χ3v) is 4.75. The number of carbonyl (C=O) groups excluding carboxylic acids is 2. The summed E-state index contributed by atoms with van der Waals surface area (Å²) in [6.45, 7) is 4.15. The molecule has 0 aromatic heterocycles. The van der Waals surface area contributed by atoms with Crippen molar-refractivity contribution in [2.24, 2.45) is 0 Å². The van der Waals surface area contributed by atoms with Gasteiger partial charge in [0.2, 0.25) is 11.8 Å². The topological polar surface area (TPSA) is 61.9 Å². The van der Waals surface area contributed by atoms with Gasteiger partial charge in [0.05, 0.1) is 19.3 Å². The molecule has 118 valence electrons. The molecule has 3 fully saturated rings.